The van der Waals surface area contributed by atoms with Gasteiger partial charge in [-0.1, -0.05) is 25.6 Å². The minimum atomic E-state index is -0.573. The van der Waals surface area contributed by atoms with Crippen LogP contribution >= 0.6 is 0 Å². The van der Waals surface area contributed by atoms with Gasteiger partial charge in [-0.15, -0.1) is 0 Å². The number of nitrogens with one attached hydrogen (secondary N) is 1. The maximum atomic E-state index is 14.9. The summed E-state index contributed by atoms with van der Waals surface area (Å²) in [4.78, 5) is 28.0. The summed E-state index contributed by atoms with van der Waals surface area (Å²) in [6.07, 6.45) is 4.64. The highest BCUT2D eigenvalue weighted by Gasteiger charge is 2.34. The van der Waals surface area contributed by atoms with E-state index in [1.54, 1.807) is 11.0 Å². The van der Waals surface area contributed by atoms with Gasteiger partial charge in [0.05, 0.1) is 17.2 Å². The molecule has 0 bridgehead atoms. The summed E-state index contributed by atoms with van der Waals surface area (Å²) in [5.41, 5.74) is 1.13. The largest absolute Gasteiger partial charge is 0.424 e. The molecular formula is C26H27F2N5O2. The number of halogens is 2. The van der Waals surface area contributed by atoms with Crippen LogP contribution in [-0.2, 0) is 0 Å². The van der Waals surface area contributed by atoms with Gasteiger partial charge in [0.2, 0.25) is 0 Å². The van der Waals surface area contributed by atoms with E-state index in [9.17, 15) is 13.6 Å². The zero-order valence-electron chi connectivity index (χ0n) is 19.7. The Morgan fingerprint density at radius 3 is 2.94 bits per heavy atom. The number of aromatic nitrogens is 1. The Balaban J connectivity index is 1.61. The minimum Gasteiger partial charge on any atom is -0.424 e. The number of amides is 1. The Morgan fingerprint density at radius 2 is 2.17 bits per heavy atom. The molecule has 182 valence electrons. The summed E-state index contributed by atoms with van der Waals surface area (Å²) < 4.78 is 34.1. The summed E-state index contributed by atoms with van der Waals surface area (Å²) in [7, 11) is 1.50. The van der Waals surface area contributed by atoms with Gasteiger partial charge in [-0.2, -0.15) is 4.98 Å². The summed E-state index contributed by atoms with van der Waals surface area (Å²) >= 11 is 0. The number of rotatable bonds is 6. The van der Waals surface area contributed by atoms with E-state index in [4.69, 9.17) is 4.42 Å². The third-order valence-corrected chi connectivity index (χ3v) is 6.17. The monoisotopic (exact) mass is 479 g/mol. The van der Waals surface area contributed by atoms with Gasteiger partial charge in [0.25, 0.3) is 11.9 Å². The van der Waals surface area contributed by atoms with Crippen LogP contribution in [0.25, 0.3) is 11.1 Å². The fraction of sp³-hybridized carbons (Fsp3) is 0.308. The molecule has 0 radical (unpaired) electrons. The summed E-state index contributed by atoms with van der Waals surface area (Å²) in [5, 5.41) is 3.15. The van der Waals surface area contributed by atoms with Crippen molar-refractivity contribution in [1.29, 1.82) is 0 Å². The number of hydrogen-bond donors (Lipinski definition) is 1. The van der Waals surface area contributed by atoms with E-state index in [0.29, 0.717) is 24.2 Å². The number of amidine groups is 1. The smallest absolute Gasteiger partial charge is 0.295 e. The van der Waals surface area contributed by atoms with Crippen molar-refractivity contribution in [3.8, 4) is 0 Å². The van der Waals surface area contributed by atoms with Crippen LogP contribution in [-0.4, -0.2) is 54.0 Å². The van der Waals surface area contributed by atoms with Crippen LogP contribution in [0, 0.1) is 17.6 Å². The molecule has 1 amide bonds. The van der Waals surface area contributed by atoms with Crippen molar-refractivity contribution in [3.63, 3.8) is 0 Å². The quantitative estimate of drug-likeness (QED) is 0.394. The number of piperidine rings is 1. The molecule has 2 aromatic carbocycles. The lowest BCUT2D eigenvalue weighted by Crippen LogP contribution is -2.51. The summed E-state index contributed by atoms with van der Waals surface area (Å²) in [6, 6.07) is 8.58. The second kappa shape index (κ2) is 10.6. The predicted octanol–water partition coefficient (Wildman–Crippen LogP) is 5.09. The summed E-state index contributed by atoms with van der Waals surface area (Å²) in [5.74, 6) is -0.973. The number of fused-ring (bicyclic) bond motifs is 1. The Hall–Kier alpha value is -3.88. The predicted molar refractivity (Wildman–Crippen MR) is 133 cm³/mol. The van der Waals surface area contributed by atoms with E-state index in [2.05, 4.69) is 33.8 Å². The SMILES string of the molecule is C=CC=NC(=NC)c1c(F)cccc1C(=O)N1CCCC(C)C1CNc1nc2cc(F)ccc2o1. The number of hydrogen-bond acceptors (Lipinski definition) is 5. The highest BCUT2D eigenvalue weighted by atomic mass is 19.1. The molecule has 1 aliphatic rings. The first-order valence-corrected chi connectivity index (χ1v) is 11.4. The molecular weight excluding hydrogens is 452 g/mol. The number of oxazole rings is 1. The van der Waals surface area contributed by atoms with Crippen LogP contribution in [0.3, 0.4) is 0 Å². The Morgan fingerprint density at radius 1 is 1.34 bits per heavy atom. The van der Waals surface area contributed by atoms with Gasteiger partial charge in [0.1, 0.15) is 17.2 Å². The van der Waals surface area contributed by atoms with Crippen LogP contribution in [0.4, 0.5) is 14.8 Å². The zero-order valence-corrected chi connectivity index (χ0v) is 19.7. The van der Waals surface area contributed by atoms with Crippen molar-refractivity contribution in [1.82, 2.24) is 9.88 Å². The van der Waals surface area contributed by atoms with Crippen LogP contribution in [0.1, 0.15) is 35.7 Å². The van der Waals surface area contributed by atoms with Gasteiger partial charge >= 0.3 is 0 Å². The van der Waals surface area contributed by atoms with Crippen molar-refractivity contribution in [2.24, 2.45) is 15.9 Å². The molecule has 2 heterocycles. The van der Waals surface area contributed by atoms with Crippen molar-refractivity contribution in [2.45, 2.75) is 25.8 Å². The lowest BCUT2D eigenvalue weighted by atomic mass is 9.89. The molecule has 2 atom stereocenters. The fourth-order valence-electron chi connectivity index (χ4n) is 4.42. The lowest BCUT2D eigenvalue weighted by molar-refractivity contribution is 0.0538. The van der Waals surface area contributed by atoms with Crippen molar-refractivity contribution in [2.75, 3.05) is 25.5 Å². The molecule has 4 rings (SSSR count). The first kappa shape index (κ1) is 24.3. The van der Waals surface area contributed by atoms with Gasteiger partial charge in [0.15, 0.2) is 11.4 Å². The van der Waals surface area contributed by atoms with E-state index in [-0.39, 0.29) is 40.8 Å². The van der Waals surface area contributed by atoms with E-state index >= 15 is 0 Å². The number of likely N-dealkylation sites (tertiary alicyclic amines) is 1. The highest BCUT2D eigenvalue weighted by molar-refractivity contribution is 6.12. The van der Waals surface area contributed by atoms with Gasteiger partial charge in [-0.3, -0.25) is 9.79 Å². The number of carbonyl (C=O) groups excluding carboxylic acids is 1. The van der Waals surface area contributed by atoms with Gasteiger partial charge in [-0.25, -0.2) is 13.8 Å². The number of allylic oxidation sites excluding steroid dienone is 1. The van der Waals surface area contributed by atoms with E-state index < -0.39 is 11.6 Å². The van der Waals surface area contributed by atoms with Crippen LogP contribution in [0.5, 0.6) is 0 Å². The van der Waals surface area contributed by atoms with Crippen LogP contribution in [0.2, 0.25) is 0 Å². The van der Waals surface area contributed by atoms with Gasteiger partial charge in [0, 0.05) is 32.4 Å². The third kappa shape index (κ3) is 5.13. The first-order chi connectivity index (χ1) is 16.9. The third-order valence-electron chi connectivity index (χ3n) is 6.17. The molecule has 0 saturated carbocycles. The average Bonchev–Trinajstić information content (AvgIpc) is 3.25. The molecule has 2 unspecified atom stereocenters. The van der Waals surface area contributed by atoms with Crippen LogP contribution in [0.15, 0.2) is 63.5 Å². The minimum absolute atomic E-state index is 0.0593. The average molecular weight is 480 g/mol. The molecule has 1 fully saturated rings. The maximum Gasteiger partial charge on any atom is 0.295 e. The van der Waals surface area contributed by atoms with Crippen molar-refractivity contribution in [3.05, 3.63) is 71.8 Å². The summed E-state index contributed by atoms with van der Waals surface area (Å²) in [6.45, 7) is 6.56. The fourth-order valence-corrected chi connectivity index (χ4v) is 4.42. The molecule has 1 aromatic heterocycles. The Kier molecular flexibility index (Phi) is 7.33. The van der Waals surface area contributed by atoms with Crippen molar-refractivity contribution >= 4 is 35.1 Å². The molecule has 35 heavy (non-hydrogen) atoms. The number of nitrogens with zero attached hydrogens (tertiary/aromatic N) is 4. The molecule has 1 saturated heterocycles. The first-order valence-electron chi connectivity index (χ1n) is 11.4. The second-order valence-electron chi connectivity index (χ2n) is 8.42. The Labute approximate surface area is 202 Å². The number of carbonyl (C=O) groups is 1. The molecule has 0 aliphatic carbocycles. The lowest BCUT2D eigenvalue weighted by Gasteiger charge is -2.40. The molecule has 1 N–H and O–H groups in total. The zero-order chi connectivity index (χ0) is 24.9. The van der Waals surface area contributed by atoms with Crippen LogP contribution < -0.4 is 5.32 Å². The molecule has 1 aliphatic heterocycles. The number of benzene rings is 2. The van der Waals surface area contributed by atoms with Gasteiger partial charge in [-0.05, 0) is 43.0 Å². The molecule has 9 heteroatoms. The number of aliphatic imine (C=N–C) groups is 2. The highest BCUT2D eigenvalue weighted by Crippen LogP contribution is 2.28. The van der Waals surface area contributed by atoms with E-state index in [1.165, 1.54) is 49.7 Å². The topological polar surface area (TPSA) is 83.1 Å². The van der Waals surface area contributed by atoms with E-state index in [0.717, 1.165) is 12.8 Å². The standard InChI is InChI=1S/C26H27F2N5O2/c1-4-12-30-24(29-3)23-18(8-5-9-19(23)28)25(34)33-13-6-7-16(2)21(33)15-31-26-32-20-14-17(27)10-11-22(20)35-26/h4-5,8-12,14,16,21H,1,6-7,13,15H2,2-3H3,(H,31,32). The normalized spacial score (nSPS) is 18.9. The maximum absolute atomic E-state index is 14.9. The van der Waals surface area contributed by atoms with Crippen molar-refractivity contribution < 1.29 is 18.0 Å². The number of anilines is 1. The molecule has 3 aromatic rings. The Bertz CT molecular complexity index is 1300. The van der Waals surface area contributed by atoms with E-state index in [1.807, 2.05) is 0 Å². The second-order valence-corrected chi connectivity index (χ2v) is 8.42. The molecule has 0 spiro atoms. The van der Waals surface area contributed by atoms with Gasteiger partial charge < -0.3 is 14.6 Å². The molecule has 7 nitrogen and oxygen atoms in total.